The van der Waals surface area contributed by atoms with E-state index >= 15 is 0 Å². The molecule has 1 aromatic carbocycles. The van der Waals surface area contributed by atoms with Gasteiger partial charge in [0, 0.05) is 6.04 Å². The second-order valence-electron chi connectivity index (χ2n) is 4.59. The predicted molar refractivity (Wildman–Crippen MR) is 67.0 cm³/mol. The minimum Gasteiger partial charge on any atom is -0.313 e. The van der Waals surface area contributed by atoms with Crippen LogP contribution < -0.4 is 5.32 Å². The molecule has 0 aliphatic heterocycles. The van der Waals surface area contributed by atoms with E-state index in [-0.39, 0.29) is 11.9 Å². The average molecular weight is 223 g/mol. The lowest BCUT2D eigenvalue weighted by molar-refractivity contribution is 0.382. The molecule has 0 aliphatic rings. The van der Waals surface area contributed by atoms with E-state index in [0.29, 0.717) is 5.92 Å². The summed E-state index contributed by atoms with van der Waals surface area (Å²) in [5.74, 6) is 0.384. The van der Waals surface area contributed by atoms with Gasteiger partial charge < -0.3 is 5.32 Å². The maximum Gasteiger partial charge on any atom is 0.123 e. The number of benzene rings is 1. The monoisotopic (exact) mass is 223 g/mol. The SMILES string of the molecule is CCCC(C)C(NC)c1cc(C)cc(F)c1. The van der Waals surface area contributed by atoms with Gasteiger partial charge in [-0.15, -0.1) is 0 Å². The summed E-state index contributed by atoms with van der Waals surface area (Å²) in [7, 11) is 1.94. The van der Waals surface area contributed by atoms with Crippen LogP contribution in [0.1, 0.15) is 43.9 Å². The summed E-state index contributed by atoms with van der Waals surface area (Å²) in [6.07, 6.45) is 2.31. The summed E-state index contributed by atoms with van der Waals surface area (Å²) in [6.45, 7) is 6.33. The summed E-state index contributed by atoms with van der Waals surface area (Å²) in [5.41, 5.74) is 2.04. The Morgan fingerprint density at radius 1 is 1.31 bits per heavy atom. The van der Waals surface area contributed by atoms with Gasteiger partial charge in [0.2, 0.25) is 0 Å². The van der Waals surface area contributed by atoms with Gasteiger partial charge in [0.05, 0.1) is 0 Å². The molecule has 0 spiro atoms. The van der Waals surface area contributed by atoms with Crippen molar-refractivity contribution in [2.45, 2.75) is 39.7 Å². The van der Waals surface area contributed by atoms with Gasteiger partial charge in [-0.2, -0.15) is 0 Å². The summed E-state index contributed by atoms with van der Waals surface area (Å²) in [6, 6.07) is 5.52. The van der Waals surface area contributed by atoms with Crippen molar-refractivity contribution >= 4 is 0 Å². The van der Waals surface area contributed by atoms with E-state index < -0.39 is 0 Å². The molecule has 0 aliphatic carbocycles. The van der Waals surface area contributed by atoms with Crippen molar-refractivity contribution in [1.82, 2.24) is 5.32 Å². The lowest BCUT2D eigenvalue weighted by atomic mass is 9.90. The van der Waals surface area contributed by atoms with E-state index in [1.165, 1.54) is 0 Å². The lowest BCUT2D eigenvalue weighted by Crippen LogP contribution is -2.23. The Hall–Kier alpha value is -0.890. The number of hydrogen-bond acceptors (Lipinski definition) is 1. The van der Waals surface area contributed by atoms with Crippen LogP contribution in [0.3, 0.4) is 0 Å². The molecule has 0 bridgehead atoms. The van der Waals surface area contributed by atoms with Crippen molar-refractivity contribution < 1.29 is 4.39 Å². The highest BCUT2D eigenvalue weighted by Crippen LogP contribution is 2.26. The molecule has 90 valence electrons. The smallest absolute Gasteiger partial charge is 0.123 e. The van der Waals surface area contributed by atoms with Crippen molar-refractivity contribution in [2.75, 3.05) is 7.05 Å². The molecular formula is C14H22FN. The van der Waals surface area contributed by atoms with Gasteiger partial charge >= 0.3 is 0 Å². The number of halogens is 1. The zero-order valence-corrected chi connectivity index (χ0v) is 10.7. The van der Waals surface area contributed by atoms with Crippen LogP contribution in [-0.2, 0) is 0 Å². The number of hydrogen-bond donors (Lipinski definition) is 1. The van der Waals surface area contributed by atoms with E-state index in [2.05, 4.69) is 25.2 Å². The van der Waals surface area contributed by atoms with Gasteiger partial charge in [0.15, 0.2) is 0 Å². The number of aryl methyl sites for hydroxylation is 1. The molecule has 2 atom stereocenters. The highest BCUT2D eigenvalue weighted by atomic mass is 19.1. The zero-order valence-electron chi connectivity index (χ0n) is 10.7. The van der Waals surface area contributed by atoms with Crippen molar-refractivity contribution in [3.8, 4) is 0 Å². The minimum absolute atomic E-state index is 0.140. The Labute approximate surface area is 98.1 Å². The van der Waals surface area contributed by atoms with Crippen LogP contribution in [0, 0.1) is 18.7 Å². The Morgan fingerprint density at radius 2 is 2.00 bits per heavy atom. The highest BCUT2D eigenvalue weighted by Gasteiger charge is 2.17. The maximum absolute atomic E-state index is 13.3. The zero-order chi connectivity index (χ0) is 12.1. The first kappa shape index (κ1) is 13.2. The second-order valence-corrected chi connectivity index (χ2v) is 4.59. The van der Waals surface area contributed by atoms with E-state index in [0.717, 1.165) is 24.0 Å². The fourth-order valence-corrected chi connectivity index (χ4v) is 2.35. The fourth-order valence-electron chi connectivity index (χ4n) is 2.35. The minimum atomic E-state index is -0.140. The van der Waals surface area contributed by atoms with Crippen LogP contribution in [0.4, 0.5) is 4.39 Å². The molecule has 0 aromatic heterocycles. The quantitative estimate of drug-likeness (QED) is 0.800. The third-order valence-electron chi connectivity index (χ3n) is 3.05. The number of nitrogens with one attached hydrogen (secondary N) is 1. The summed E-state index contributed by atoms with van der Waals surface area (Å²) < 4.78 is 13.3. The van der Waals surface area contributed by atoms with E-state index in [1.54, 1.807) is 12.1 Å². The molecular weight excluding hydrogens is 201 g/mol. The Kier molecular flexibility index (Phi) is 4.94. The van der Waals surface area contributed by atoms with Crippen LogP contribution in [0.15, 0.2) is 18.2 Å². The Morgan fingerprint density at radius 3 is 2.50 bits per heavy atom. The summed E-state index contributed by atoms with van der Waals surface area (Å²) >= 11 is 0. The lowest BCUT2D eigenvalue weighted by Gasteiger charge is -2.24. The standard InChI is InChI=1S/C14H22FN/c1-5-6-11(3)14(16-4)12-7-10(2)8-13(15)9-12/h7-9,11,14,16H,5-6H2,1-4H3. The van der Waals surface area contributed by atoms with Crippen LogP contribution in [0.25, 0.3) is 0 Å². The molecule has 1 N–H and O–H groups in total. The van der Waals surface area contributed by atoms with Crippen LogP contribution in [0.2, 0.25) is 0 Å². The normalized spacial score (nSPS) is 14.8. The molecule has 2 unspecified atom stereocenters. The van der Waals surface area contributed by atoms with Gasteiger partial charge in [-0.25, -0.2) is 4.39 Å². The summed E-state index contributed by atoms with van der Waals surface area (Å²) in [5, 5.41) is 3.29. The Balaban J connectivity index is 2.94. The van der Waals surface area contributed by atoms with E-state index in [4.69, 9.17) is 0 Å². The van der Waals surface area contributed by atoms with Crippen LogP contribution in [0.5, 0.6) is 0 Å². The van der Waals surface area contributed by atoms with Gasteiger partial charge in [-0.3, -0.25) is 0 Å². The fraction of sp³-hybridized carbons (Fsp3) is 0.571. The average Bonchev–Trinajstić information content (AvgIpc) is 2.17. The van der Waals surface area contributed by atoms with Crippen molar-refractivity contribution in [2.24, 2.45) is 5.92 Å². The molecule has 0 fully saturated rings. The summed E-state index contributed by atoms with van der Waals surface area (Å²) in [4.78, 5) is 0. The van der Waals surface area contributed by atoms with Crippen LogP contribution >= 0.6 is 0 Å². The molecule has 0 radical (unpaired) electrons. The van der Waals surface area contributed by atoms with Gasteiger partial charge in [0.25, 0.3) is 0 Å². The molecule has 2 heteroatoms. The largest absolute Gasteiger partial charge is 0.313 e. The molecule has 0 amide bonds. The van der Waals surface area contributed by atoms with Crippen molar-refractivity contribution in [1.29, 1.82) is 0 Å². The molecule has 0 saturated heterocycles. The van der Waals surface area contributed by atoms with Gasteiger partial charge in [-0.1, -0.05) is 26.3 Å². The second kappa shape index (κ2) is 6.00. The molecule has 1 aromatic rings. The number of rotatable bonds is 5. The van der Waals surface area contributed by atoms with E-state index in [9.17, 15) is 4.39 Å². The Bertz CT molecular complexity index is 315. The first-order valence-electron chi connectivity index (χ1n) is 6.02. The van der Waals surface area contributed by atoms with Crippen molar-refractivity contribution in [3.05, 3.63) is 35.1 Å². The first-order chi connectivity index (χ1) is 7.58. The molecule has 1 nitrogen and oxygen atoms in total. The van der Waals surface area contributed by atoms with Crippen LogP contribution in [-0.4, -0.2) is 7.05 Å². The molecule has 0 heterocycles. The highest BCUT2D eigenvalue weighted by molar-refractivity contribution is 5.26. The topological polar surface area (TPSA) is 12.0 Å². The third-order valence-corrected chi connectivity index (χ3v) is 3.05. The van der Waals surface area contributed by atoms with Gasteiger partial charge in [0.1, 0.15) is 5.82 Å². The first-order valence-corrected chi connectivity index (χ1v) is 6.02. The molecule has 0 saturated carbocycles. The van der Waals surface area contributed by atoms with Crippen molar-refractivity contribution in [3.63, 3.8) is 0 Å². The molecule has 1 rings (SSSR count). The van der Waals surface area contributed by atoms with E-state index in [1.807, 2.05) is 14.0 Å². The third kappa shape index (κ3) is 3.31. The maximum atomic E-state index is 13.3. The van der Waals surface area contributed by atoms with Gasteiger partial charge in [-0.05, 0) is 49.6 Å². The predicted octanol–water partition coefficient (Wildman–Crippen LogP) is 3.83. The molecule has 16 heavy (non-hydrogen) atoms.